The minimum atomic E-state index is -1.23. The number of nitrogens with one attached hydrogen (secondary N) is 4. The fraction of sp³-hybridized carbons (Fsp3) is 0.933. The highest BCUT2D eigenvalue weighted by Gasteiger charge is 2.45. The topological polar surface area (TPSA) is 498 Å². The largest absolute Gasteiger partial charge is 0.394 e. The van der Waals surface area contributed by atoms with Crippen LogP contribution < -0.4 is 27.0 Å². The molecule has 15 N–H and O–H groups in total. The second-order valence-corrected chi connectivity index (χ2v) is 28.8. The van der Waals surface area contributed by atoms with Gasteiger partial charge in [0.25, 0.3) is 0 Å². The van der Waals surface area contributed by atoms with Crippen molar-refractivity contribution < 1.29 is 150 Å². The van der Waals surface area contributed by atoms with Gasteiger partial charge in [-0.15, -0.1) is 0 Å². The number of ether oxygens (including phenoxy) is 17. The van der Waals surface area contributed by atoms with Crippen LogP contribution in [-0.2, 0) is 104 Å². The van der Waals surface area contributed by atoms with Crippen LogP contribution in [0, 0.1) is 23.2 Å². The molecule has 3 heterocycles. The van der Waals surface area contributed by atoms with E-state index in [1.807, 2.05) is 0 Å². The van der Waals surface area contributed by atoms with Crippen molar-refractivity contribution in [3.63, 3.8) is 0 Å². The van der Waals surface area contributed by atoms with Crippen LogP contribution in [0.3, 0.4) is 0 Å². The van der Waals surface area contributed by atoms with Gasteiger partial charge in [0, 0.05) is 107 Å². The van der Waals surface area contributed by atoms with E-state index in [0.717, 1.165) is 77.0 Å². The summed E-state index contributed by atoms with van der Waals surface area (Å²) in [6, 6.07) is 0. The molecule has 15 unspecified atom stereocenters. The molecule has 1 saturated carbocycles. The van der Waals surface area contributed by atoms with Crippen molar-refractivity contribution in [2.75, 3.05) is 205 Å². The molecular weight excluding hydrogens is 1470 g/mol. The van der Waals surface area contributed by atoms with Crippen molar-refractivity contribution in [2.45, 2.75) is 222 Å². The first kappa shape index (κ1) is 99.8. The Kier molecular flexibility index (Phi) is 54.8. The highest BCUT2D eigenvalue weighted by Crippen LogP contribution is 2.34. The molecule has 0 bridgehead atoms. The highest BCUT2D eigenvalue weighted by molar-refractivity contribution is 5.79. The lowest BCUT2D eigenvalue weighted by Crippen LogP contribution is -2.55. The highest BCUT2D eigenvalue weighted by atomic mass is 16.7. The van der Waals surface area contributed by atoms with E-state index in [4.69, 9.17) is 86.3 Å². The van der Waals surface area contributed by atoms with Crippen molar-refractivity contribution in [1.82, 2.24) is 21.3 Å². The van der Waals surface area contributed by atoms with E-state index in [1.165, 1.54) is 0 Å². The minimum absolute atomic E-state index is 0.00308. The maximum atomic E-state index is 14.1. The molecule has 650 valence electrons. The summed E-state index contributed by atoms with van der Waals surface area (Å²) in [5, 5.41) is 101. The van der Waals surface area contributed by atoms with E-state index in [1.54, 1.807) is 20.8 Å². The van der Waals surface area contributed by atoms with Crippen molar-refractivity contribution >= 4 is 29.4 Å². The first-order chi connectivity index (χ1) is 53.7. The number of carbonyl (C=O) groups is 5. The third-order valence-electron chi connectivity index (χ3n) is 19.6. The van der Waals surface area contributed by atoms with Crippen molar-refractivity contribution in [3.05, 3.63) is 0 Å². The molecule has 0 radical (unpaired) electrons. The van der Waals surface area contributed by atoms with Crippen LogP contribution in [0.25, 0.3) is 0 Å². The van der Waals surface area contributed by atoms with E-state index in [2.05, 4.69) is 21.3 Å². The smallest absolute Gasteiger partial charge is 0.222 e. The molecule has 4 fully saturated rings. The van der Waals surface area contributed by atoms with Gasteiger partial charge >= 0.3 is 0 Å². The quantitative estimate of drug-likeness (QED) is 0.0245. The normalized spacial score (nSPS) is 26.0. The molecule has 0 aromatic carbocycles. The number of nitrogens with two attached hydrogens (primary N) is 1. The number of aliphatic hydroxyl groups is 9. The molecule has 111 heavy (non-hydrogen) atoms. The van der Waals surface area contributed by atoms with Gasteiger partial charge in [-0.25, -0.2) is 0 Å². The maximum absolute atomic E-state index is 14.1. The predicted molar refractivity (Wildman–Crippen MR) is 397 cm³/mol. The molecule has 0 aromatic rings. The monoisotopic (exact) mass is 1610 g/mol. The van der Waals surface area contributed by atoms with Crippen molar-refractivity contribution in [2.24, 2.45) is 28.9 Å². The molecule has 3 aliphatic heterocycles. The number of amides is 4. The Labute approximate surface area is 654 Å². The number of carbonyl (C=O) groups excluding carboxylic acids is 5. The lowest BCUT2D eigenvalue weighted by atomic mass is 9.84. The van der Waals surface area contributed by atoms with Crippen molar-refractivity contribution in [3.8, 4) is 0 Å². The Bertz CT molecular complexity index is 2210. The van der Waals surface area contributed by atoms with Gasteiger partial charge in [-0.1, -0.05) is 65.7 Å². The fourth-order valence-electron chi connectivity index (χ4n) is 12.9. The van der Waals surface area contributed by atoms with Crippen LogP contribution in [0.4, 0.5) is 0 Å². The lowest BCUT2D eigenvalue weighted by Gasteiger charge is -2.40. The average Bonchev–Trinajstić information content (AvgIpc) is 0.834. The van der Waals surface area contributed by atoms with Gasteiger partial charge in [-0.3, -0.25) is 24.0 Å². The number of unbranched alkanes of at least 4 members (excludes halogenated alkanes) is 7. The number of Topliss-reactive ketones (excluding diaryl/α,β-unsaturated/α-hetero) is 1. The van der Waals surface area contributed by atoms with Crippen LogP contribution in [0.2, 0.25) is 0 Å². The Hall–Kier alpha value is -3.53. The fourth-order valence-corrected chi connectivity index (χ4v) is 12.9. The summed E-state index contributed by atoms with van der Waals surface area (Å²) in [6.45, 7) is 8.38. The molecule has 36 nitrogen and oxygen atoms in total. The zero-order valence-corrected chi connectivity index (χ0v) is 66.1. The molecule has 3 saturated heterocycles. The first-order valence-corrected chi connectivity index (χ1v) is 40.2. The third-order valence-corrected chi connectivity index (χ3v) is 19.6. The van der Waals surface area contributed by atoms with E-state index in [-0.39, 0.29) is 220 Å². The van der Waals surface area contributed by atoms with Crippen LogP contribution >= 0.6 is 0 Å². The average molecular weight is 1610 g/mol. The van der Waals surface area contributed by atoms with Gasteiger partial charge in [0.1, 0.15) is 42.4 Å². The molecular formula is C75H139N5O31. The lowest BCUT2D eigenvalue weighted by molar-refractivity contribution is -0.284. The Morgan fingerprint density at radius 3 is 1.03 bits per heavy atom. The minimum Gasteiger partial charge on any atom is -0.394 e. The maximum Gasteiger partial charge on any atom is 0.222 e. The zero-order chi connectivity index (χ0) is 80.8. The number of hydrogen-bond acceptors (Lipinski definition) is 32. The summed E-state index contributed by atoms with van der Waals surface area (Å²) in [5.74, 6) is -3.22. The summed E-state index contributed by atoms with van der Waals surface area (Å²) in [6.07, 6.45) is 0.00994. The van der Waals surface area contributed by atoms with Gasteiger partial charge < -0.3 is 153 Å². The third kappa shape index (κ3) is 41.9. The summed E-state index contributed by atoms with van der Waals surface area (Å²) >= 11 is 0. The SMILES string of the molecule is CC1C(OCCOCCOCCNC(=O)CCOCC(COCCC(=O)NCCOCCOCCOC2OC(CO)C(O)C(O)C2C)(COCCC(=O)NCCOCCOCCOC2OC(CO)C(O)C(O)C2C)CC(=O)CCCCCCCCCCC(=O)NCCOC2(OCCN)CCCCC2)OC(CO)C(O)C1O. The van der Waals surface area contributed by atoms with E-state index < -0.39 is 123 Å². The van der Waals surface area contributed by atoms with Gasteiger partial charge in [-0.05, 0) is 25.7 Å². The summed E-state index contributed by atoms with van der Waals surface area (Å²) < 4.78 is 97.9. The van der Waals surface area contributed by atoms with Gasteiger partial charge in [0.15, 0.2) is 24.7 Å². The summed E-state index contributed by atoms with van der Waals surface area (Å²) in [5.41, 5.74) is 4.57. The summed E-state index contributed by atoms with van der Waals surface area (Å²) in [7, 11) is 0. The standard InChI is InChI=1S/C75H139N5O31/c1-54-65(89)68(92)58(48-81)109-71(54)104-44-41-98-38-35-95-31-23-77-62(86)17-27-101-51-74(52-102-28-18-63(87)78-24-32-96-36-39-99-42-45-105-72-55(2)66(90)69(93)59(49-82)110-72,53-103-29-19-64(88)79-25-33-97-37-40-100-43-46-106-73-56(3)67(91)70(94)60(50-83)111-73)47-57(84)15-11-8-6-4-5-7-9-12-16-61(85)80-26-34-108-75(107-30-22-76)20-13-10-14-21-75/h54-56,58-60,65-73,81-83,89-94H,4-53,76H2,1-3H3,(H,77,86)(H,78,87)(H,79,88)(H,80,85). The first-order valence-electron chi connectivity index (χ1n) is 40.2. The van der Waals surface area contributed by atoms with Crippen LogP contribution in [0.5, 0.6) is 0 Å². The van der Waals surface area contributed by atoms with Crippen LogP contribution in [0.1, 0.15) is 143 Å². The van der Waals surface area contributed by atoms with Crippen molar-refractivity contribution in [1.29, 1.82) is 0 Å². The van der Waals surface area contributed by atoms with E-state index >= 15 is 0 Å². The molecule has 4 amide bonds. The molecule has 36 heteroatoms. The van der Waals surface area contributed by atoms with Crippen LogP contribution in [0.15, 0.2) is 0 Å². The molecule has 4 aliphatic rings. The Balaban J connectivity index is 1.24. The molecule has 1 aliphatic carbocycles. The van der Waals surface area contributed by atoms with Crippen LogP contribution in [-0.4, -0.2) is 359 Å². The Morgan fingerprint density at radius 1 is 0.369 bits per heavy atom. The number of aliphatic hydroxyl groups excluding tert-OH is 9. The second kappa shape index (κ2) is 60.9. The predicted octanol–water partition coefficient (Wildman–Crippen LogP) is -1.46. The number of ketones is 1. The molecule has 0 aromatic heterocycles. The Morgan fingerprint density at radius 2 is 0.676 bits per heavy atom. The van der Waals surface area contributed by atoms with Gasteiger partial charge in [0.2, 0.25) is 23.6 Å². The van der Waals surface area contributed by atoms with Gasteiger partial charge in [-0.2, -0.15) is 0 Å². The molecule has 4 rings (SSSR count). The zero-order valence-electron chi connectivity index (χ0n) is 66.1. The number of rotatable bonds is 68. The second-order valence-electron chi connectivity index (χ2n) is 28.8. The molecule has 0 spiro atoms. The van der Waals surface area contributed by atoms with E-state index in [0.29, 0.717) is 39.1 Å². The van der Waals surface area contributed by atoms with Gasteiger partial charge in [0.05, 0.1) is 190 Å². The number of hydrogen-bond donors (Lipinski definition) is 14. The van der Waals surface area contributed by atoms with E-state index in [9.17, 15) is 69.9 Å². The molecule has 15 atom stereocenters. The summed E-state index contributed by atoms with van der Waals surface area (Å²) in [4.78, 5) is 65.8.